The number of nitrogens with one attached hydrogen (secondary N) is 2. The third-order valence-corrected chi connectivity index (χ3v) is 5.38. The van der Waals surface area contributed by atoms with Crippen LogP contribution in [0.25, 0.3) is 0 Å². The Morgan fingerprint density at radius 2 is 1.78 bits per heavy atom. The van der Waals surface area contributed by atoms with Gasteiger partial charge < -0.3 is 19.5 Å². The minimum Gasteiger partial charge on any atom is -0.493 e. The summed E-state index contributed by atoms with van der Waals surface area (Å²) in [5.41, 5.74) is 5.15. The van der Waals surface area contributed by atoms with Crippen LogP contribution in [0.5, 0.6) is 17.2 Å². The molecule has 0 bridgehead atoms. The average Bonchev–Trinajstić information content (AvgIpc) is 2.89. The minimum atomic E-state index is -0.382. The average molecular weight is 510 g/mol. The van der Waals surface area contributed by atoms with Crippen LogP contribution in [0, 0.1) is 6.92 Å². The first kappa shape index (κ1) is 26.6. The van der Waals surface area contributed by atoms with Crippen molar-refractivity contribution in [2.75, 3.05) is 25.6 Å². The van der Waals surface area contributed by atoms with Gasteiger partial charge in [-0.15, -0.1) is 0 Å². The molecule has 0 aliphatic heterocycles. The number of carbonyl (C=O) groups is 2. The molecule has 36 heavy (non-hydrogen) atoms. The summed E-state index contributed by atoms with van der Waals surface area (Å²) in [7, 11) is 1.52. The van der Waals surface area contributed by atoms with E-state index in [1.807, 2.05) is 19.9 Å². The molecule has 0 aliphatic carbocycles. The normalized spacial score (nSPS) is 10.7. The van der Waals surface area contributed by atoms with Crippen LogP contribution in [0.1, 0.15) is 34.8 Å². The smallest absolute Gasteiger partial charge is 0.271 e. The van der Waals surface area contributed by atoms with Crippen LogP contribution in [0.4, 0.5) is 5.69 Å². The number of halogens is 1. The Bertz CT molecular complexity index is 1230. The van der Waals surface area contributed by atoms with E-state index in [0.717, 1.165) is 17.5 Å². The summed E-state index contributed by atoms with van der Waals surface area (Å²) in [6.45, 7) is 4.31. The van der Waals surface area contributed by atoms with Gasteiger partial charge in [0, 0.05) is 16.3 Å². The number of rotatable bonds is 11. The zero-order chi connectivity index (χ0) is 25.9. The number of hydrogen-bond acceptors (Lipinski definition) is 6. The fraction of sp³-hybridized carbons (Fsp3) is 0.222. The zero-order valence-corrected chi connectivity index (χ0v) is 21.1. The van der Waals surface area contributed by atoms with E-state index >= 15 is 0 Å². The number of hydrogen-bond donors (Lipinski definition) is 2. The highest BCUT2D eigenvalue weighted by molar-refractivity contribution is 6.31. The molecule has 8 nitrogen and oxygen atoms in total. The molecule has 0 heterocycles. The molecule has 0 atom stereocenters. The van der Waals surface area contributed by atoms with Crippen LogP contribution in [-0.2, 0) is 4.79 Å². The van der Waals surface area contributed by atoms with Crippen molar-refractivity contribution in [2.24, 2.45) is 5.10 Å². The van der Waals surface area contributed by atoms with Gasteiger partial charge in [0.15, 0.2) is 18.1 Å². The second-order valence-corrected chi connectivity index (χ2v) is 8.19. The predicted molar refractivity (Wildman–Crippen MR) is 141 cm³/mol. The summed E-state index contributed by atoms with van der Waals surface area (Å²) in [6.07, 6.45) is 2.37. The third-order valence-electron chi connectivity index (χ3n) is 4.97. The van der Waals surface area contributed by atoms with Gasteiger partial charge in [0.05, 0.1) is 19.9 Å². The van der Waals surface area contributed by atoms with Crippen molar-refractivity contribution in [2.45, 2.75) is 20.3 Å². The van der Waals surface area contributed by atoms with Gasteiger partial charge in [-0.1, -0.05) is 24.6 Å². The second kappa shape index (κ2) is 13.2. The van der Waals surface area contributed by atoms with E-state index in [1.165, 1.54) is 13.3 Å². The summed E-state index contributed by atoms with van der Waals surface area (Å²) < 4.78 is 16.4. The van der Waals surface area contributed by atoms with Crippen molar-refractivity contribution in [1.82, 2.24) is 5.43 Å². The molecule has 3 aromatic carbocycles. The number of anilines is 1. The van der Waals surface area contributed by atoms with Crippen molar-refractivity contribution in [3.05, 3.63) is 82.4 Å². The molecule has 0 aliphatic rings. The Hall–Kier alpha value is -4.04. The van der Waals surface area contributed by atoms with E-state index in [4.69, 9.17) is 25.8 Å². The fourth-order valence-corrected chi connectivity index (χ4v) is 3.22. The van der Waals surface area contributed by atoms with Gasteiger partial charge in [-0.05, 0) is 79.1 Å². The molecule has 0 fully saturated rings. The van der Waals surface area contributed by atoms with Gasteiger partial charge in [-0.2, -0.15) is 5.10 Å². The van der Waals surface area contributed by atoms with Gasteiger partial charge >= 0.3 is 0 Å². The third kappa shape index (κ3) is 7.74. The molecule has 0 radical (unpaired) electrons. The molecular formula is C27H28ClN3O5. The topological polar surface area (TPSA) is 98.3 Å². The molecule has 0 spiro atoms. The van der Waals surface area contributed by atoms with Gasteiger partial charge in [0.1, 0.15) is 5.75 Å². The molecule has 3 aromatic rings. The molecule has 0 saturated heterocycles. The van der Waals surface area contributed by atoms with E-state index in [9.17, 15) is 9.59 Å². The summed E-state index contributed by atoms with van der Waals surface area (Å²) in [6, 6.07) is 17.2. The maximum absolute atomic E-state index is 12.4. The van der Waals surface area contributed by atoms with Crippen molar-refractivity contribution in [3.8, 4) is 17.2 Å². The molecule has 2 amide bonds. The van der Waals surface area contributed by atoms with Crippen molar-refractivity contribution in [1.29, 1.82) is 0 Å². The molecule has 0 unspecified atom stereocenters. The molecule has 9 heteroatoms. The van der Waals surface area contributed by atoms with Crippen LogP contribution in [0.2, 0.25) is 5.02 Å². The molecule has 0 saturated carbocycles. The number of methoxy groups -OCH3 is 1. The fourth-order valence-electron chi connectivity index (χ4n) is 3.04. The Morgan fingerprint density at radius 1 is 1.00 bits per heavy atom. The Labute approximate surface area is 215 Å². The monoisotopic (exact) mass is 509 g/mol. The lowest BCUT2D eigenvalue weighted by Crippen LogP contribution is -2.20. The van der Waals surface area contributed by atoms with Gasteiger partial charge in [-0.25, -0.2) is 5.43 Å². The highest BCUT2D eigenvalue weighted by Gasteiger charge is 2.11. The summed E-state index contributed by atoms with van der Waals surface area (Å²) in [5.74, 6) is 0.897. The van der Waals surface area contributed by atoms with Gasteiger partial charge in [-0.3, -0.25) is 9.59 Å². The highest BCUT2D eigenvalue weighted by Crippen LogP contribution is 2.28. The number of hydrazone groups is 1. The van der Waals surface area contributed by atoms with Crippen LogP contribution in [0.15, 0.2) is 65.8 Å². The molecular weight excluding hydrogens is 482 g/mol. The maximum Gasteiger partial charge on any atom is 0.271 e. The first-order valence-corrected chi connectivity index (χ1v) is 11.7. The van der Waals surface area contributed by atoms with Crippen LogP contribution in [0.3, 0.4) is 0 Å². The lowest BCUT2D eigenvalue weighted by atomic mass is 10.2. The van der Waals surface area contributed by atoms with E-state index in [1.54, 1.807) is 54.6 Å². The Balaban J connectivity index is 1.48. The number of nitrogens with zero attached hydrogens (tertiary/aromatic N) is 1. The summed E-state index contributed by atoms with van der Waals surface area (Å²) >= 11 is 6.08. The van der Waals surface area contributed by atoms with E-state index in [2.05, 4.69) is 15.8 Å². The van der Waals surface area contributed by atoms with E-state index < -0.39 is 0 Å². The van der Waals surface area contributed by atoms with Crippen LogP contribution in [-0.4, -0.2) is 38.4 Å². The Kier molecular flexibility index (Phi) is 9.71. The predicted octanol–water partition coefficient (Wildman–Crippen LogP) is 5.23. The number of amides is 2. The second-order valence-electron chi connectivity index (χ2n) is 7.78. The lowest BCUT2D eigenvalue weighted by molar-refractivity contribution is -0.118. The van der Waals surface area contributed by atoms with E-state index in [0.29, 0.717) is 40.1 Å². The summed E-state index contributed by atoms with van der Waals surface area (Å²) in [5, 5.41) is 7.32. The number of aryl methyl sites for hydroxylation is 1. The van der Waals surface area contributed by atoms with Gasteiger partial charge in [0.2, 0.25) is 0 Å². The van der Waals surface area contributed by atoms with Crippen molar-refractivity contribution < 1.29 is 23.8 Å². The van der Waals surface area contributed by atoms with Gasteiger partial charge in [0.25, 0.3) is 11.8 Å². The molecule has 3 rings (SSSR count). The highest BCUT2D eigenvalue weighted by atomic mass is 35.5. The van der Waals surface area contributed by atoms with E-state index in [-0.39, 0.29) is 18.4 Å². The summed E-state index contributed by atoms with van der Waals surface area (Å²) in [4.78, 5) is 24.5. The molecule has 0 aromatic heterocycles. The maximum atomic E-state index is 12.4. The van der Waals surface area contributed by atoms with Crippen molar-refractivity contribution in [3.63, 3.8) is 0 Å². The standard InChI is InChI=1S/C27H28ClN3O5/c1-4-13-35-24-12-8-20(14-25(24)34-3)27(33)31-29-16-19-6-10-22(11-7-19)36-17-26(32)30-21-9-5-18(2)23(28)15-21/h5-12,14-16H,4,13,17H2,1-3H3,(H,30,32)(H,31,33)/b29-16+. The largest absolute Gasteiger partial charge is 0.493 e. The first-order valence-electron chi connectivity index (χ1n) is 11.3. The quantitative estimate of drug-likeness (QED) is 0.272. The lowest BCUT2D eigenvalue weighted by Gasteiger charge is -2.11. The zero-order valence-electron chi connectivity index (χ0n) is 20.3. The minimum absolute atomic E-state index is 0.152. The SMILES string of the molecule is CCCOc1ccc(C(=O)N/N=C/c2ccc(OCC(=O)Nc3ccc(C)c(Cl)c3)cc2)cc1OC. The molecule has 188 valence electrons. The Morgan fingerprint density at radius 3 is 2.47 bits per heavy atom. The number of benzene rings is 3. The number of ether oxygens (including phenoxy) is 3. The van der Waals surface area contributed by atoms with Crippen molar-refractivity contribution >= 4 is 35.3 Å². The van der Waals surface area contributed by atoms with Crippen LogP contribution >= 0.6 is 11.6 Å². The molecule has 2 N–H and O–H groups in total. The number of carbonyl (C=O) groups excluding carboxylic acids is 2. The van der Waals surface area contributed by atoms with Crippen LogP contribution < -0.4 is 25.0 Å². The first-order chi connectivity index (χ1) is 17.4.